The molecule has 0 aromatic heterocycles. The van der Waals surface area contributed by atoms with Gasteiger partial charge >= 0.3 is 0 Å². The van der Waals surface area contributed by atoms with E-state index in [1.165, 1.54) is 149 Å². The van der Waals surface area contributed by atoms with Crippen LogP contribution in [0.15, 0.2) is 0 Å². The van der Waals surface area contributed by atoms with E-state index in [0.29, 0.717) is 0 Å². The zero-order chi connectivity index (χ0) is 76.4. The molecule has 8 unspecified atom stereocenters. The molecule has 0 aromatic rings. The maximum atomic E-state index is 9.86. The molecule has 7 fully saturated rings. The van der Waals surface area contributed by atoms with Crippen molar-refractivity contribution < 1.29 is 191 Å². The van der Waals surface area contributed by atoms with Crippen LogP contribution in [0, 0.1) is 0 Å². The van der Waals surface area contributed by atoms with E-state index in [9.17, 15) is 5.11 Å². The Morgan fingerprint density at radius 2 is 0.352 bits per heavy atom. The predicted octanol–water partition coefficient (Wildman–Crippen LogP) is -1.77. The highest BCUT2D eigenvalue weighted by Crippen LogP contribution is 2.38. The summed E-state index contributed by atoms with van der Waals surface area (Å²) in [7, 11) is 32.8. The lowest BCUT2D eigenvalue weighted by atomic mass is 9.96. The molecular weight excluding hydrogens is 1420 g/mol. The van der Waals surface area contributed by atoms with E-state index in [0.717, 1.165) is 0 Å². The first kappa shape index (κ1) is 90.6. The fourth-order valence-electron chi connectivity index (χ4n) is 14.8. The first-order chi connectivity index (χ1) is 51.1. The van der Waals surface area contributed by atoms with Crippen LogP contribution in [0.2, 0.25) is 0 Å². The van der Waals surface area contributed by atoms with Crippen LogP contribution in [0.1, 0.15) is 6.42 Å². The number of aliphatic hydroxyl groups is 1. The molecule has 105 heavy (non-hydrogen) atoms. The van der Waals surface area contributed by atoms with Gasteiger partial charge in [0.2, 0.25) is 25.2 Å². The average Bonchev–Trinajstić information content (AvgIpc) is 0.805. The minimum absolute atomic E-state index is 0.0591. The maximum absolute atomic E-state index is 9.86. The molecule has 35 atom stereocenters. The van der Waals surface area contributed by atoms with Crippen LogP contribution in [0.3, 0.4) is 0 Å². The number of ether oxygens (including phenoxy) is 31. The normalized spacial score (nSPS) is 42.8. The Morgan fingerprint density at radius 3 is 0.562 bits per heavy atom. The van der Waals surface area contributed by atoms with Crippen LogP contribution in [0.5, 0.6) is 0 Å². The zero-order valence-electron chi connectivity index (χ0n) is 64.2. The van der Waals surface area contributed by atoms with Crippen molar-refractivity contribution >= 4 is 0 Å². The second-order valence-corrected chi connectivity index (χ2v) is 24.9. The molecule has 7 saturated heterocycles. The number of rotatable bonds is 46. The highest BCUT2D eigenvalue weighted by Gasteiger charge is 2.57. The smallest absolute Gasteiger partial charge is 0.220 e. The van der Waals surface area contributed by atoms with Crippen LogP contribution in [-0.2, 0) is 186 Å². The lowest BCUT2D eigenvalue weighted by molar-refractivity contribution is -0.469. The molecule has 7 aliphatic heterocycles. The van der Waals surface area contributed by atoms with Crippen molar-refractivity contribution in [1.29, 1.82) is 0 Å². The van der Waals surface area contributed by atoms with Crippen molar-refractivity contribution in [3.8, 4) is 0 Å². The Kier molecular flexibility index (Phi) is 40.2. The molecule has 40 nitrogen and oxygen atoms in total. The van der Waals surface area contributed by atoms with Crippen molar-refractivity contribution in [2.45, 2.75) is 221 Å². The molecule has 0 amide bonds. The van der Waals surface area contributed by atoms with Gasteiger partial charge in [-0.2, -0.15) is 0 Å². The summed E-state index contributed by atoms with van der Waals surface area (Å²) >= 11 is 0. The lowest BCUT2D eigenvalue weighted by Gasteiger charge is -2.47. The standard InChI is InChI=1S/C65H118O40/c1-67-38-31(23-24-66)95-60(53(82-16)45(38)74-8)89-26-33-40(69-3)48(77-11)55(84-18)62(98-33)102-92-28-35-42(71-5)50(79-13)57(86-20)64(100-35)104-94-30-37-44(73-7)51(80-14)58(87-21)65(101-37)105-93-29-36-43(72-6)49(78-12)56(85-19)63(99-36)103-91-27-34-41(70-4)47(76-10)54(83-17)61(97-34)90-25-32-39(68-2)46(75-9)52(81-15)59(88-22)96-32/h31-66H,23-30H2,1-22H3/t31?,32-,33-,34-,35-,36-,37-,38-,39-,40-,41-,42-,43-,44-,45-,46-,47-,48-,49-,50-,51-,52?,53?,54?,55?,56?,57?,58?,59-,60-,61-,62+,63+,64+,65+/m1/s1. The lowest BCUT2D eigenvalue weighted by Crippen LogP contribution is -2.63. The summed E-state index contributed by atoms with van der Waals surface area (Å²) in [5.41, 5.74) is 0. The minimum Gasteiger partial charge on any atom is -0.396 e. The van der Waals surface area contributed by atoms with E-state index in [4.69, 9.17) is 186 Å². The van der Waals surface area contributed by atoms with E-state index in [1.54, 1.807) is 7.11 Å². The number of hydrogen-bond donors (Lipinski definition) is 1. The molecule has 7 heterocycles. The fourth-order valence-corrected chi connectivity index (χ4v) is 14.8. The summed E-state index contributed by atoms with van der Waals surface area (Å²) in [4.78, 5) is 47.7. The van der Waals surface area contributed by atoms with E-state index in [-0.39, 0.29) is 52.7 Å². The highest BCUT2D eigenvalue weighted by molar-refractivity contribution is 4.99. The molecule has 7 aliphatic rings. The van der Waals surface area contributed by atoms with Gasteiger partial charge in [0.15, 0.2) is 18.9 Å². The van der Waals surface area contributed by atoms with Crippen LogP contribution in [0.4, 0.5) is 0 Å². The van der Waals surface area contributed by atoms with E-state index >= 15 is 0 Å². The molecule has 0 aliphatic carbocycles. The quantitative estimate of drug-likeness (QED) is 0.0520. The molecule has 0 bridgehead atoms. The molecule has 1 N–H and O–H groups in total. The van der Waals surface area contributed by atoms with Gasteiger partial charge in [0.25, 0.3) is 0 Å². The third kappa shape index (κ3) is 21.4. The molecular formula is C65H118O40. The van der Waals surface area contributed by atoms with Gasteiger partial charge in [-0.1, -0.05) is 0 Å². The van der Waals surface area contributed by atoms with Gasteiger partial charge in [0.1, 0.15) is 191 Å². The second kappa shape index (κ2) is 46.5. The Hall–Kier alpha value is -1.60. The number of methoxy groups -OCH3 is 22. The van der Waals surface area contributed by atoms with E-state index < -0.39 is 215 Å². The third-order valence-corrected chi connectivity index (χ3v) is 19.9. The van der Waals surface area contributed by atoms with Gasteiger partial charge in [0.05, 0.1) is 19.3 Å². The van der Waals surface area contributed by atoms with Gasteiger partial charge in [-0.05, 0) is 6.42 Å². The molecule has 0 aromatic carbocycles. The van der Waals surface area contributed by atoms with Crippen molar-refractivity contribution in [2.75, 3.05) is 203 Å². The van der Waals surface area contributed by atoms with Crippen molar-refractivity contribution in [1.82, 2.24) is 0 Å². The molecule has 0 spiro atoms. The summed E-state index contributed by atoms with van der Waals surface area (Å²) in [6.45, 7) is -1.56. The number of aliphatic hydroxyl groups excluding tert-OH is 1. The fraction of sp³-hybridized carbons (Fsp3) is 1.00. The van der Waals surface area contributed by atoms with Gasteiger partial charge < -0.3 is 152 Å². The highest BCUT2D eigenvalue weighted by atomic mass is 17.3. The molecule has 618 valence electrons. The molecule has 0 radical (unpaired) electrons. The first-order valence-electron chi connectivity index (χ1n) is 34.3. The van der Waals surface area contributed by atoms with Crippen LogP contribution in [0.25, 0.3) is 0 Å². The Bertz CT molecular complexity index is 2290. The van der Waals surface area contributed by atoms with Crippen molar-refractivity contribution in [3.63, 3.8) is 0 Å². The predicted molar refractivity (Wildman–Crippen MR) is 346 cm³/mol. The summed E-state index contributed by atoms with van der Waals surface area (Å²) in [5.74, 6) is 0. The van der Waals surface area contributed by atoms with Crippen molar-refractivity contribution in [3.05, 3.63) is 0 Å². The van der Waals surface area contributed by atoms with Crippen LogP contribution in [-0.4, -0.2) is 423 Å². The molecule has 0 saturated carbocycles. The van der Waals surface area contributed by atoms with E-state index in [1.807, 2.05) is 0 Å². The largest absolute Gasteiger partial charge is 0.396 e. The summed E-state index contributed by atoms with van der Waals surface area (Å²) in [5, 5.41) is 9.86. The Labute approximate surface area is 613 Å². The van der Waals surface area contributed by atoms with E-state index in [2.05, 4.69) is 0 Å². The van der Waals surface area contributed by atoms with Crippen molar-refractivity contribution in [2.24, 2.45) is 0 Å². The van der Waals surface area contributed by atoms with Crippen LogP contribution < -0.4 is 0 Å². The zero-order valence-corrected chi connectivity index (χ0v) is 64.2. The monoisotopic (exact) mass is 1540 g/mol. The average molecular weight is 1540 g/mol. The SMILES string of the molecule is COC1[C@H](OC)O[C@H](CO[C@@H]2O[C@H](COO[C@@H]3O[C@H](COO[C@@H]4O[C@H](COO[C@@H]5O[C@H](COO[C@@H]6O[C@H](CO[C@@H]7OC(CCO)[C@@H](OC)[C@@H](OC)C7OC)[C@@H](OC)[C@@H](OC)C6OC)[C@@H](OC)[C@@H](OC)C5OC)[C@@H](OC)[C@@H](OC)C4OC)[C@@H](OC)[C@@H](OC)C3OC)[C@@H](OC)[C@@H](OC)C2OC)[C@@H](OC)[C@H]1OC. The van der Waals surface area contributed by atoms with Gasteiger partial charge in [-0.25, -0.2) is 39.1 Å². The van der Waals surface area contributed by atoms with Gasteiger partial charge in [-0.3, -0.25) is 0 Å². The Morgan fingerprint density at radius 1 is 0.181 bits per heavy atom. The van der Waals surface area contributed by atoms with Gasteiger partial charge in [0, 0.05) is 163 Å². The minimum atomic E-state index is -1.31. The molecule has 40 heteroatoms. The van der Waals surface area contributed by atoms with Gasteiger partial charge in [-0.15, -0.1) is 0 Å². The second-order valence-electron chi connectivity index (χ2n) is 24.9. The first-order valence-corrected chi connectivity index (χ1v) is 34.3. The molecule has 7 rings (SSSR count). The maximum Gasteiger partial charge on any atom is 0.220 e. The topological polar surface area (TPSA) is 380 Å². The number of hydrogen-bond acceptors (Lipinski definition) is 40. The third-order valence-electron chi connectivity index (χ3n) is 19.9. The summed E-state index contributed by atoms with van der Waals surface area (Å²) < 4.78 is 186. The summed E-state index contributed by atoms with van der Waals surface area (Å²) in [6.07, 6.45) is -30.0. The van der Waals surface area contributed by atoms with Crippen LogP contribution >= 0.6 is 0 Å². The Balaban J connectivity index is 0.973. The summed E-state index contributed by atoms with van der Waals surface area (Å²) in [6, 6.07) is 0.